The number of hydrogen-bond acceptors (Lipinski definition) is 25. The highest BCUT2D eigenvalue weighted by Gasteiger charge is 2.29. The van der Waals surface area contributed by atoms with Crippen LogP contribution in [0.4, 0.5) is 0 Å². The smallest absolute Gasteiger partial charge is 0.338 e. The molecule has 0 saturated carbocycles. The summed E-state index contributed by atoms with van der Waals surface area (Å²) in [5.41, 5.74) is 11.3. The van der Waals surface area contributed by atoms with Gasteiger partial charge in [-0.05, 0) is 118 Å². The van der Waals surface area contributed by atoms with Gasteiger partial charge in [0.2, 0.25) is 0 Å². The maximum atomic E-state index is 12.0. The summed E-state index contributed by atoms with van der Waals surface area (Å²) in [7, 11) is 0. The third kappa shape index (κ3) is 20.7. The third-order valence-electron chi connectivity index (χ3n) is 14.6. The Morgan fingerprint density at radius 1 is 0.515 bits per heavy atom. The number of aldehydes is 1. The van der Waals surface area contributed by atoms with Crippen molar-refractivity contribution < 1.29 is 65.1 Å². The Morgan fingerprint density at radius 2 is 0.899 bits per heavy atom. The maximum absolute atomic E-state index is 12.0. The van der Waals surface area contributed by atoms with Gasteiger partial charge in [0.05, 0.1) is 65.9 Å². The topological polar surface area (TPSA) is 344 Å². The summed E-state index contributed by atoms with van der Waals surface area (Å²) in [6.45, 7) is 9.88. The number of aliphatic imine (C=N–C) groups is 3. The lowest BCUT2D eigenvalue weighted by Gasteiger charge is -2.07. The Bertz CT molecular complexity index is 4430. The van der Waals surface area contributed by atoms with E-state index in [1.165, 1.54) is 34.0 Å². The van der Waals surface area contributed by atoms with Crippen molar-refractivity contribution in [1.82, 2.24) is 15.0 Å². The van der Waals surface area contributed by atoms with Crippen LogP contribution in [0.15, 0.2) is 189 Å². The minimum Gasteiger partial charge on any atom is -0.507 e. The molecule has 1 amide bonds. The molecular formula is C72H70BrN7O13S6. The van der Waals surface area contributed by atoms with Gasteiger partial charge in [-0.25, -0.2) is 19.7 Å². The van der Waals surface area contributed by atoms with E-state index in [0.717, 1.165) is 68.0 Å². The van der Waals surface area contributed by atoms with Gasteiger partial charge < -0.3 is 56.4 Å². The van der Waals surface area contributed by atoms with Crippen LogP contribution in [-0.4, -0.2) is 148 Å². The molecule has 0 bridgehead atoms. The molecule has 99 heavy (non-hydrogen) atoms. The summed E-state index contributed by atoms with van der Waals surface area (Å²) >= 11 is 12.3. The molecule has 0 saturated heterocycles. The summed E-state index contributed by atoms with van der Waals surface area (Å²) in [4.78, 5) is 62.1. The van der Waals surface area contributed by atoms with Crippen LogP contribution in [-0.2, 0) is 11.3 Å². The molecule has 3 aliphatic rings. The Kier molecular flexibility index (Phi) is 28.3. The number of ether oxygens (including phenoxy) is 1. The number of benzene rings is 7. The summed E-state index contributed by atoms with van der Waals surface area (Å²) in [6.07, 6.45) is 0.731. The first kappa shape index (κ1) is 76.0. The molecule has 27 heteroatoms. The van der Waals surface area contributed by atoms with Gasteiger partial charge >= 0.3 is 5.97 Å². The molecule has 6 heterocycles. The third-order valence-corrected chi connectivity index (χ3v) is 21.9. The summed E-state index contributed by atoms with van der Waals surface area (Å²) in [5.74, 6) is 1.09. The number of phenolic OH excluding ortho intramolecular Hbond substituents is 6. The number of primary amides is 1. The van der Waals surface area contributed by atoms with E-state index in [1.807, 2.05) is 82.3 Å². The number of thioether (sulfide) groups is 3. The van der Waals surface area contributed by atoms with Crippen LogP contribution in [0.3, 0.4) is 0 Å². The minimum atomic E-state index is -0.546. The largest absolute Gasteiger partial charge is 0.507 e. The number of carbonyl (C=O) groups is 3. The molecule has 20 nitrogen and oxygen atoms in total. The van der Waals surface area contributed by atoms with Gasteiger partial charge in [-0.15, -0.1) is 69.3 Å². The number of halogens is 1. The van der Waals surface area contributed by atoms with Gasteiger partial charge in [0, 0.05) is 52.0 Å². The lowest BCUT2D eigenvalue weighted by atomic mass is 10.2. The lowest BCUT2D eigenvalue weighted by Crippen LogP contribution is -2.17. The zero-order valence-corrected chi connectivity index (χ0v) is 60.4. The molecule has 0 spiro atoms. The van der Waals surface area contributed by atoms with Crippen molar-refractivity contribution in [1.29, 1.82) is 0 Å². The Morgan fingerprint density at radius 3 is 1.26 bits per heavy atom. The zero-order chi connectivity index (χ0) is 71.3. The van der Waals surface area contributed by atoms with Crippen LogP contribution in [0, 0.1) is 20.8 Å². The highest BCUT2D eigenvalue weighted by molar-refractivity contribution is 9.10. The average Bonchev–Trinajstić information content (AvgIpc) is 1.76. The molecule has 3 aliphatic heterocycles. The van der Waals surface area contributed by atoms with Crippen molar-refractivity contribution in [2.24, 2.45) is 20.7 Å². The molecule has 13 rings (SSSR count). The first-order chi connectivity index (χ1) is 47.6. The number of phenols is 6. The summed E-state index contributed by atoms with van der Waals surface area (Å²) < 4.78 is 6.24. The van der Waals surface area contributed by atoms with E-state index >= 15 is 0 Å². The predicted octanol–water partition coefficient (Wildman–Crippen LogP) is 14.0. The highest BCUT2D eigenvalue weighted by atomic mass is 79.9. The number of aliphatic hydroxyl groups is 3. The van der Waals surface area contributed by atoms with E-state index in [2.05, 4.69) is 45.9 Å². The molecule has 0 aliphatic carbocycles. The number of aryl methyl sites for hydroxylation is 3. The fourth-order valence-electron chi connectivity index (χ4n) is 9.21. The molecule has 7 aromatic carbocycles. The van der Waals surface area contributed by atoms with Gasteiger partial charge in [0.1, 0.15) is 82.6 Å². The standard InChI is InChI=1S/C17H14BrNO3S.C11H10N2O2S.2C11H13NO2S.C11H11NO2S.C11H9NO2S/c18-12-7-5-11(6-8-12)17(21)22-9-13-10-23-16(19-13)14-3-1-2-4-15(14)20;1-6-9(10(12)15)13-11(16-6)7-4-2-3-5-8(7)14;4*1-7-9(6-13)12-11(15-7)8-4-2-3-5-10(8)14/h1-8,13,20H,9-10H2;2-5,14H,1H3,(H2,12,15);2*2-5,7,9,13-14H,6H2,1H3;2-5,13-14H,6H2,1H3;2-6,14H,1H3/t13-;;7-,9+;7-,9-;;/m1.00../s1. The van der Waals surface area contributed by atoms with E-state index in [9.17, 15) is 45.0 Å². The fourth-order valence-corrected chi connectivity index (χ4v) is 15.7. The molecule has 11 N–H and O–H groups in total. The van der Waals surface area contributed by atoms with Gasteiger partial charge in [-0.3, -0.25) is 24.6 Å². The van der Waals surface area contributed by atoms with Gasteiger partial charge in [-0.1, -0.05) is 103 Å². The lowest BCUT2D eigenvalue weighted by molar-refractivity contribution is 0.0490. The van der Waals surface area contributed by atoms with E-state index in [1.54, 1.807) is 157 Å². The number of amides is 1. The molecule has 3 aromatic heterocycles. The van der Waals surface area contributed by atoms with Gasteiger partial charge in [-0.2, -0.15) is 0 Å². The normalized spacial score (nSPS) is 16.4. The Balaban J connectivity index is 0.000000153. The number of carbonyl (C=O) groups excluding carboxylic acids is 3. The number of aromatic hydroxyl groups is 6. The van der Waals surface area contributed by atoms with Crippen molar-refractivity contribution in [2.45, 2.75) is 69.9 Å². The van der Waals surface area contributed by atoms with Crippen molar-refractivity contribution in [3.05, 3.63) is 228 Å². The molecule has 0 unspecified atom stereocenters. The number of hydrogen-bond donors (Lipinski definition) is 10. The Hall–Kier alpha value is -8.74. The number of esters is 1. The number of nitrogens with zero attached hydrogens (tertiary/aromatic N) is 6. The zero-order valence-electron chi connectivity index (χ0n) is 53.9. The quantitative estimate of drug-likeness (QED) is 0.0357. The second-order valence-corrected chi connectivity index (χ2v) is 29.9. The molecule has 5 atom stereocenters. The molecule has 514 valence electrons. The van der Waals surface area contributed by atoms with Crippen LogP contribution in [0.5, 0.6) is 34.5 Å². The second-order valence-electron chi connectivity index (χ2n) is 21.7. The number of thiazole rings is 3. The molecule has 0 radical (unpaired) electrons. The van der Waals surface area contributed by atoms with Crippen LogP contribution in [0.1, 0.15) is 82.2 Å². The van der Waals surface area contributed by atoms with Crippen molar-refractivity contribution in [3.63, 3.8) is 0 Å². The van der Waals surface area contributed by atoms with Gasteiger partial charge in [0.25, 0.3) is 5.91 Å². The van der Waals surface area contributed by atoms with Crippen LogP contribution in [0.25, 0.3) is 31.7 Å². The molecule has 0 fully saturated rings. The minimum absolute atomic E-state index is 0.0513. The SMILES string of the molecule is C[C@@H]1SC(c2ccccc2O)=N[C@@H]1CO.C[C@@H]1SC(c2ccccc2O)=N[C@H]1CO.Cc1sc(-c2ccccc2O)nc1C(N)=O.Cc1sc(-c2ccccc2O)nc1C=O.Cc1sc(-c2ccccc2O)nc1CO.O=C(OC[C@@H]1CSC(c2ccccc2O)=N1)c1ccc(Br)cc1. The second kappa shape index (κ2) is 36.9. The first-order valence-electron chi connectivity index (χ1n) is 30.4. The number of rotatable bonds is 14. The predicted molar refractivity (Wildman–Crippen MR) is 402 cm³/mol. The molecule has 10 aromatic rings. The number of para-hydroxylation sites is 6. The van der Waals surface area contributed by atoms with Crippen LogP contribution >= 0.6 is 85.2 Å². The van der Waals surface area contributed by atoms with Crippen LogP contribution in [0.2, 0.25) is 0 Å². The van der Waals surface area contributed by atoms with Gasteiger partial charge in [0.15, 0.2) is 6.29 Å². The number of nitrogens with two attached hydrogens (primary N) is 1. The number of aromatic nitrogens is 3. The average molecular weight is 1510 g/mol. The van der Waals surface area contributed by atoms with Crippen LogP contribution < -0.4 is 5.73 Å². The first-order valence-corrected chi connectivity index (χ1v) is 36.4. The Labute approximate surface area is 604 Å². The van der Waals surface area contributed by atoms with Crippen molar-refractivity contribution in [3.8, 4) is 66.2 Å². The monoisotopic (exact) mass is 1510 g/mol. The van der Waals surface area contributed by atoms with E-state index in [0.29, 0.717) is 43.7 Å². The summed E-state index contributed by atoms with van der Waals surface area (Å²) in [5, 5.41) is 90.3. The highest BCUT2D eigenvalue weighted by Crippen LogP contribution is 2.38. The number of aliphatic hydroxyl groups excluding tert-OH is 3. The van der Waals surface area contributed by atoms with E-state index < -0.39 is 5.91 Å². The van der Waals surface area contributed by atoms with E-state index in [4.69, 9.17) is 25.8 Å². The van der Waals surface area contributed by atoms with Crippen molar-refractivity contribution >= 4 is 119 Å². The fraction of sp³-hybridized carbons (Fsp3) is 0.208. The molecular weight excluding hydrogens is 1440 g/mol. The maximum Gasteiger partial charge on any atom is 0.338 e. The van der Waals surface area contributed by atoms with E-state index in [-0.39, 0.29) is 101 Å². The van der Waals surface area contributed by atoms with Crippen molar-refractivity contribution in [2.75, 3.05) is 25.6 Å². The summed E-state index contributed by atoms with van der Waals surface area (Å²) in [6, 6.07) is 49.1.